The standard InChI is InChI=1S/C14H21Cl/c1-5-14(12(4)15)9-13-7-10(2)6-11(3)8-13/h6-8,12,14H,5,9H2,1-4H3. The van der Waals surface area contributed by atoms with Crippen LogP contribution in [0.5, 0.6) is 0 Å². The monoisotopic (exact) mass is 224 g/mol. The summed E-state index contributed by atoms with van der Waals surface area (Å²) >= 11 is 6.17. The van der Waals surface area contributed by atoms with Gasteiger partial charge in [0.1, 0.15) is 0 Å². The van der Waals surface area contributed by atoms with E-state index in [1.165, 1.54) is 16.7 Å². The van der Waals surface area contributed by atoms with E-state index < -0.39 is 0 Å². The van der Waals surface area contributed by atoms with Gasteiger partial charge in [-0.2, -0.15) is 0 Å². The Morgan fingerprint density at radius 3 is 2.07 bits per heavy atom. The van der Waals surface area contributed by atoms with E-state index in [0.29, 0.717) is 5.92 Å². The molecule has 0 bridgehead atoms. The van der Waals surface area contributed by atoms with Gasteiger partial charge >= 0.3 is 0 Å². The van der Waals surface area contributed by atoms with Crippen LogP contribution in [0.15, 0.2) is 18.2 Å². The Hall–Kier alpha value is -0.490. The highest BCUT2D eigenvalue weighted by Gasteiger charge is 2.13. The van der Waals surface area contributed by atoms with Crippen molar-refractivity contribution >= 4 is 11.6 Å². The van der Waals surface area contributed by atoms with Crippen LogP contribution in [0.2, 0.25) is 0 Å². The molecule has 0 heterocycles. The Bertz CT molecular complexity index is 295. The number of alkyl halides is 1. The molecule has 0 aromatic heterocycles. The van der Waals surface area contributed by atoms with Crippen molar-refractivity contribution in [1.82, 2.24) is 0 Å². The van der Waals surface area contributed by atoms with Crippen LogP contribution in [0.4, 0.5) is 0 Å². The second-order valence-electron chi connectivity index (χ2n) is 4.55. The molecule has 2 atom stereocenters. The van der Waals surface area contributed by atoms with Crippen LogP contribution in [-0.2, 0) is 6.42 Å². The molecule has 0 radical (unpaired) electrons. The Balaban J connectivity index is 2.79. The summed E-state index contributed by atoms with van der Waals surface area (Å²) in [7, 11) is 0. The van der Waals surface area contributed by atoms with E-state index in [2.05, 4.69) is 45.9 Å². The summed E-state index contributed by atoms with van der Waals surface area (Å²) in [4.78, 5) is 0. The predicted octanol–water partition coefficient (Wildman–Crippen LogP) is 4.50. The molecule has 0 fully saturated rings. The number of benzene rings is 1. The highest BCUT2D eigenvalue weighted by Crippen LogP contribution is 2.21. The fourth-order valence-electron chi connectivity index (χ4n) is 2.12. The van der Waals surface area contributed by atoms with Gasteiger partial charge in [-0.1, -0.05) is 42.7 Å². The Labute approximate surface area is 98.7 Å². The summed E-state index contributed by atoms with van der Waals surface area (Å²) in [6.07, 6.45) is 2.25. The van der Waals surface area contributed by atoms with Gasteiger partial charge in [0.2, 0.25) is 0 Å². The average molecular weight is 225 g/mol. The molecule has 84 valence electrons. The third kappa shape index (κ3) is 3.87. The highest BCUT2D eigenvalue weighted by molar-refractivity contribution is 6.20. The lowest BCUT2D eigenvalue weighted by Gasteiger charge is -2.17. The molecular formula is C14H21Cl. The highest BCUT2D eigenvalue weighted by atomic mass is 35.5. The molecule has 1 rings (SSSR count). The molecule has 0 aliphatic heterocycles. The van der Waals surface area contributed by atoms with Crippen LogP contribution in [-0.4, -0.2) is 5.38 Å². The first-order valence-electron chi connectivity index (χ1n) is 5.74. The van der Waals surface area contributed by atoms with Crippen LogP contribution in [0.25, 0.3) is 0 Å². The molecule has 2 unspecified atom stereocenters. The molecule has 0 aliphatic carbocycles. The molecule has 0 aliphatic rings. The summed E-state index contributed by atoms with van der Waals surface area (Å²) in [6.45, 7) is 8.62. The maximum Gasteiger partial charge on any atom is 0.0339 e. The minimum Gasteiger partial charge on any atom is -0.123 e. The zero-order chi connectivity index (χ0) is 11.4. The van der Waals surface area contributed by atoms with E-state index in [0.717, 1.165) is 12.8 Å². The zero-order valence-corrected chi connectivity index (χ0v) is 10.9. The third-order valence-electron chi connectivity index (χ3n) is 2.95. The van der Waals surface area contributed by atoms with Crippen LogP contribution in [0.3, 0.4) is 0 Å². The Kier molecular flexibility index (Phi) is 4.66. The lowest BCUT2D eigenvalue weighted by Crippen LogP contribution is -2.13. The molecule has 0 nitrogen and oxygen atoms in total. The van der Waals surface area contributed by atoms with Crippen LogP contribution < -0.4 is 0 Å². The average Bonchev–Trinajstić information content (AvgIpc) is 2.12. The molecule has 0 spiro atoms. The van der Waals surface area contributed by atoms with Gasteiger partial charge in [-0.25, -0.2) is 0 Å². The van der Waals surface area contributed by atoms with E-state index in [1.807, 2.05) is 0 Å². The molecule has 1 aromatic rings. The first kappa shape index (κ1) is 12.6. The summed E-state index contributed by atoms with van der Waals surface area (Å²) in [5.41, 5.74) is 4.12. The fourth-order valence-corrected chi connectivity index (χ4v) is 2.39. The van der Waals surface area contributed by atoms with Gasteiger partial charge in [0.25, 0.3) is 0 Å². The van der Waals surface area contributed by atoms with Crippen molar-refractivity contribution in [2.24, 2.45) is 5.92 Å². The van der Waals surface area contributed by atoms with Crippen molar-refractivity contribution < 1.29 is 0 Å². The van der Waals surface area contributed by atoms with Crippen molar-refractivity contribution in [3.8, 4) is 0 Å². The van der Waals surface area contributed by atoms with E-state index in [1.54, 1.807) is 0 Å². The van der Waals surface area contributed by atoms with Gasteiger partial charge in [-0.3, -0.25) is 0 Å². The molecule has 0 N–H and O–H groups in total. The van der Waals surface area contributed by atoms with E-state index in [9.17, 15) is 0 Å². The largest absolute Gasteiger partial charge is 0.123 e. The molecule has 1 aromatic carbocycles. The second kappa shape index (κ2) is 5.55. The van der Waals surface area contributed by atoms with Crippen LogP contribution >= 0.6 is 11.6 Å². The third-order valence-corrected chi connectivity index (χ3v) is 3.31. The van der Waals surface area contributed by atoms with Crippen molar-refractivity contribution in [3.63, 3.8) is 0 Å². The van der Waals surface area contributed by atoms with Gasteiger partial charge in [0.05, 0.1) is 0 Å². The molecule has 0 saturated heterocycles. The number of aryl methyl sites for hydroxylation is 2. The van der Waals surface area contributed by atoms with Gasteiger partial charge < -0.3 is 0 Å². The summed E-state index contributed by atoms with van der Waals surface area (Å²) in [5, 5.41) is 0.260. The smallest absolute Gasteiger partial charge is 0.0339 e. The van der Waals surface area contributed by atoms with Gasteiger partial charge in [-0.15, -0.1) is 11.6 Å². The minimum atomic E-state index is 0.260. The lowest BCUT2D eigenvalue weighted by molar-refractivity contribution is 0.497. The second-order valence-corrected chi connectivity index (χ2v) is 5.23. The minimum absolute atomic E-state index is 0.260. The maximum atomic E-state index is 6.17. The SMILES string of the molecule is CCC(Cc1cc(C)cc(C)c1)C(C)Cl. The number of hydrogen-bond donors (Lipinski definition) is 0. The van der Waals surface area contributed by atoms with E-state index >= 15 is 0 Å². The quantitative estimate of drug-likeness (QED) is 0.661. The molecule has 0 saturated carbocycles. The topological polar surface area (TPSA) is 0 Å². The van der Waals surface area contributed by atoms with Gasteiger partial charge in [0.15, 0.2) is 0 Å². The van der Waals surface area contributed by atoms with E-state index in [4.69, 9.17) is 11.6 Å². The molecule has 1 heteroatoms. The summed E-state index contributed by atoms with van der Waals surface area (Å²) in [5.74, 6) is 0.591. The Morgan fingerprint density at radius 2 is 1.67 bits per heavy atom. The van der Waals surface area contributed by atoms with Gasteiger partial charge in [0, 0.05) is 5.38 Å². The zero-order valence-electron chi connectivity index (χ0n) is 10.2. The lowest BCUT2D eigenvalue weighted by atomic mass is 9.92. The predicted molar refractivity (Wildman–Crippen MR) is 68.7 cm³/mol. The summed E-state index contributed by atoms with van der Waals surface area (Å²) < 4.78 is 0. The van der Waals surface area contributed by atoms with Crippen molar-refractivity contribution in [1.29, 1.82) is 0 Å². The number of rotatable bonds is 4. The molecular weight excluding hydrogens is 204 g/mol. The maximum absolute atomic E-state index is 6.17. The first-order valence-corrected chi connectivity index (χ1v) is 6.17. The van der Waals surface area contributed by atoms with Crippen LogP contribution in [0.1, 0.15) is 37.0 Å². The number of halogens is 1. The van der Waals surface area contributed by atoms with Crippen LogP contribution in [0, 0.1) is 19.8 Å². The molecule has 15 heavy (non-hydrogen) atoms. The molecule has 0 amide bonds. The van der Waals surface area contributed by atoms with Crippen molar-refractivity contribution in [2.45, 2.75) is 45.9 Å². The normalized spacial score (nSPS) is 15.0. The number of hydrogen-bond acceptors (Lipinski definition) is 0. The van der Waals surface area contributed by atoms with Crippen molar-refractivity contribution in [2.75, 3.05) is 0 Å². The van der Waals surface area contributed by atoms with Crippen molar-refractivity contribution in [3.05, 3.63) is 34.9 Å². The summed E-state index contributed by atoms with van der Waals surface area (Å²) in [6, 6.07) is 6.76. The Morgan fingerprint density at radius 1 is 1.13 bits per heavy atom. The first-order chi connectivity index (χ1) is 7.02. The fraction of sp³-hybridized carbons (Fsp3) is 0.571. The van der Waals surface area contributed by atoms with Gasteiger partial charge in [-0.05, 0) is 38.7 Å². The van der Waals surface area contributed by atoms with E-state index in [-0.39, 0.29) is 5.38 Å².